The minimum Gasteiger partial charge on any atom is -0.309 e. The first-order valence-corrected chi connectivity index (χ1v) is 45.6. The minimum atomic E-state index is -0.537. The molecular weight excluding hydrogens is 1600 g/mol. The molecule has 6 nitrogen and oxygen atoms in total. The van der Waals surface area contributed by atoms with Gasteiger partial charge in [-0.25, -0.2) is 9.97 Å². The topological polar surface area (TPSA) is 45.5 Å². The second kappa shape index (κ2) is 29.6. The Kier molecular flexibility index (Phi) is 16.8. The van der Waals surface area contributed by atoms with Crippen molar-refractivity contribution < 1.29 is 0 Å². The minimum absolute atomic E-state index is 0.529. The van der Waals surface area contributed by atoms with E-state index in [0.717, 1.165) is 133 Å². The third-order valence-electron chi connectivity index (χ3n) is 28.6. The van der Waals surface area contributed by atoms with Gasteiger partial charge in [0.05, 0.1) is 66.4 Å². The van der Waals surface area contributed by atoms with Crippen LogP contribution in [0, 0.1) is 0 Å². The van der Waals surface area contributed by atoms with Crippen molar-refractivity contribution in [3.63, 3.8) is 0 Å². The molecule has 0 unspecified atom stereocenters. The van der Waals surface area contributed by atoms with Crippen LogP contribution in [0.4, 0.5) is 0 Å². The molecule has 132 heavy (non-hydrogen) atoms. The molecule has 614 valence electrons. The summed E-state index contributed by atoms with van der Waals surface area (Å²) in [5, 5.41) is 9.36. The third-order valence-corrected chi connectivity index (χ3v) is 28.6. The van der Waals surface area contributed by atoms with Gasteiger partial charge in [0.25, 0.3) is 0 Å². The normalized spacial score (nSPS) is 13.0. The van der Waals surface area contributed by atoms with E-state index >= 15 is 0 Å². The number of aromatic nitrogens is 6. The lowest BCUT2D eigenvalue weighted by atomic mass is 9.67. The van der Waals surface area contributed by atoms with Crippen LogP contribution in [0.3, 0.4) is 0 Å². The monoisotopic (exact) mass is 1680 g/mol. The van der Waals surface area contributed by atoms with Crippen LogP contribution in [0.25, 0.3) is 200 Å². The summed E-state index contributed by atoms with van der Waals surface area (Å²) >= 11 is 0. The standard InChI is InChI=1S/C126H80N6/c1-6-32-81(33-7-1)96-46-16-17-47-97(96)86-34-30-35-87(72-86)114-80-115(128-124(127-114)132-119-59-29-23-53-105(119)109-77-85(63-71-123(109)132)84-62-70-122-108(76-84)104-52-22-28-58-118(104)131(122)95-65-67-101-99-49-19-25-55-111(99)126(113(101)79-95,91-41-12-4-13-42-91)92-43-14-5-15-44-92)88-36-31-45-93(73-88)129-116-56-26-20-50-102(116)106-74-82(60-68-120(106)129)83-61-69-121-107(75-83)103-51-21-27-57-117(103)130(121)94-64-66-100-98-48-18-24-54-110(98)125(112(100)78-94,89-37-8-2-9-38-89)90-39-10-3-11-40-90/h1-80H. The Morgan fingerprint density at radius 1 is 0.152 bits per heavy atom. The summed E-state index contributed by atoms with van der Waals surface area (Å²) in [4.78, 5) is 11.5. The van der Waals surface area contributed by atoms with Crippen molar-refractivity contribution in [1.82, 2.24) is 28.2 Å². The summed E-state index contributed by atoms with van der Waals surface area (Å²) in [6, 6.07) is 180. The predicted octanol–water partition coefficient (Wildman–Crippen LogP) is 31.6. The van der Waals surface area contributed by atoms with E-state index in [1.54, 1.807) is 0 Å². The molecule has 2 aliphatic carbocycles. The van der Waals surface area contributed by atoms with E-state index in [-0.39, 0.29) is 0 Å². The van der Waals surface area contributed by atoms with Crippen molar-refractivity contribution in [2.75, 3.05) is 0 Å². The molecule has 0 spiro atoms. The molecule has 27 rings (SSSR count). The Bertz CT molecular complexity index is 8940. The second-order valence-corrected chi connectivity index (χ2v) is 35.3. The molecule has 0 amide bonds. The lowest BCUT2D eigenvalue weighted by molar-refractivity contribution is 0.767. The van der Waals surface area contributed by atoms with Gasteiger partial charge < -0.3 is 13.7 Å². The van der Waals surface area contributed by atoms with Gasteiger partial charge in [-0.3, -0.25) is 4.57 Å². The van der Waals surface area contributed by atoms with Gasteiger partial charge in [0.15, 0.2) is 0 Å². The van der Waals surface area contributed by atoms with E-state index in [0.29, 0.717) is 5.95 Å². The molecule has 5 heterocycles. The predicted molar refractivity (Wildman–Crippen MR) is 547 cm³/mol. The average molecular weight is 1680 g/mol. The smallest absolute Gasteiger partial charge is 0.235 e. The summed E-state index contributed by atoms with van der Waals surface area (Å²) in [6.07, 6.45) is 0. The molecule has 0 saturated heterocycles. The van der Waals surface area contributed by atoms with E-state index in [1.807, 2.05) is 0 Å². The van der Waals surface area contributed by atoms with E-state index in [9.17, 15) is 0 Å². The van der Waals surface area contributed by atoms with Gasteiger partial charge in [-0.15, -0.1) is 0 Å². The molecule has 0 saturated carbocycles. The highest BCUT2D eigenvalue weighted by molar-refractivity contribution is 6.15. The zero-order valence-electron chi connectivity index (χ0n) is 71.9. The number of fused-ring (bicyclic) bond motifs is 18. The van der Waals surface area contributed by atoms with Crippen LogP contribution in [0.15, 0.2) is 485 Å². The molecule has 25 aromatic rings. The highest BCUT2D eigenvalue weighted by Gasteiger charge is 2.48. The van der Waals surface area contributed by atoms with Crippen molar-refractivity contribution >= 4 is 87.2 Å². The van der Waals surface area contributed by atoms with Gasteiger partial charge in [-0.05, 0) is 233 Å². The van der Waals surface area contributed by atoms with Crippen molar-refractivity contribution in [3.8, 4) is 112 Å². The zero-order chi connectivity index (χ0) is 86.7. The lowest BCUT2D eigenvalue weighted by Gasteiger charge is -2.34. The summed E-state index contributed by atoms with van der Waals surface area (Å²) < 4.78 is 9.67. The van der Waals surface area contributed by atoms with Crippen LogP contribution < -0.4 is 0 Å². The molecule has 5 aromatic heterocycles. The molecule has 0 N–H and O–H groups in total. The molecule has 0 fully saturated rings. The molecule has 0 aliphatic heterocycles. The molecule has 20 aromatic carbocycles. The van der Waals surface area contributed by atoms with Crippen molar-refractivity contribution in [2.24, 2.45) is 0 Å². The van der Waals surface area contributed by atoms with Crippen molar-refractivity contribution in [3.05, 3.63) is 530 Å². The Balaban J connectivity index is 0.575. The Morgan fingerprint density at radius 2 is 0.439 bits per heavy atom. The Labute approximate surface area is 763 Å². The van der Waals surface area contributed by atoms with E-state index in [2.05, 4.69) is 504 Å². The average Bonchev–Trinajstić information content (AvgIpc) is 1.53. The number of nitrogens with zero attached hydrogens (tertiary/aromatic N) is 6. The fraction of sp³-hybridized carbons (Fsp3) is 0.0159. The Hall–Kier alpha value is -17.3. The van der Waals surface area contributed by atoms with Gasteiger partial charge in [-0.2, -0.15) is 0 Å². The molecule has 0 bridgehead atoms. The summed E-state index contributed by atoms with van der Waals surface area (Å²) in [5.74, 6) is 0.576. The molecular formula is C126H80N6. The molecule has 2 aliphatic rings. The van der Waals surface area contributed by atoms with Crippen molar-refractivity contribution in [2.45, 2.75) is 10.8 Å². The van der Waals surface area contributed by atoms with E-state index in [4.69, 9.17) is 9.97 Å². The first-order valence-electron chi connectivity index (χ1n) is 45.6. The first-order chi connectivity index (χ1) is 65.5. The van der Waals surface area contributed by atoms with Crippen LogP contribution in [-0.2, 0) is 10.8 Å². The van der Waals surface area contributed by atoms with Crippen LogP contribution in [0.5, 0.6) is 0 Å². The van der Waals surface area contributed by atoms with Crippen LogP contribution in [0.2, 0.25) is 0 Å². The van der Waals surface area contributed by atoms with Gasteiger partial charge in [0.2, 0.25) is 5.95 Å². The number of rotatable bonds is 14. The molecule has 0 radical (unpaired) electrons. The Morgan fingerprint density at radius 3 is 0.848 bits per heavy atom. The summed E-state index contributed by atoms with van der Waals surface area (Å²) in [7, 11) is 0. The maximum Gasteiger partial charge on any atom is 0.235 e. The number of benzene rings is 20. The fourth-order valence-electron chi connectivity index (χ4n) is 22.9. The second-order valence-electron chi connectivity index (χ2n) is 35.3. The first kappa shape index (κ1) is 74.9. The van der Waals surface area contributed by atoms with E-state index in [1.165, 1.54) is 105 Å². The quantitative estimate of drug-likeness (QED) is 0.109. The number of para-hydroxylation sites is 4. The fourth-order valence-corrected chi connectivity index (χ4v) is 22.9. The SMILES string of the molecule is c1ccc(-c2ccccc2-c2cccc(-c3cc(-c4cccc(-n5c6ccccc6c6cc(-c7ccc8c(c7)c7ccccc7n8-c7ccc8c(c7)C(c7ccccc7)(c7ccccc7)c7ccccc7-8)ccc65)c4)nc(-n4c5ccccc5c5cc(-c6ccc7c(c6)c6ccccc6n7-c6ccc7c(c6)C(c6ccccc6)(c6ccccc6)c6ccccc6-7)ccc54)n3)c2)cc1. The van der Waals surface area contributed by atoms with E-state index < -0.39 is 10.8 Å². The number of hydrogen-bond donors (Lipinski definition) is 0. The van der Waals surface area contributed by atoms with Gasteiger partial charge >= 0.3 is 0 Å². The van der Waals surface area contributed by atoms with Crippen LogP contribution in [-0.4, -0.2) is 28.2 Å². The summed E-state index contributed by atoms with van der Waals surface area (Å²) in [5.41, 5.74) is 39.0. The van der Waals surface area contributed by atoms with Crippen LogP contribution >= 0.6 is 0 Å². The van der Waals surface area contributed by atoms with Crippen molar-refractivity contribution in [1.29, 1.82) is 0 Å². The van der Waals surface area contributed by atoms with Gasteiger partial charge in [0, 0.05) is 71.3 Å². The molecule has 6 heteroatoms. The van der Waals surface area contributed by atoms with Crippen LogP contribution in [0.1, 0.15) is 44.5 Å². The third kappa shape index (κ3) is 11.2. The largest absolute Gasteiger partial charge is 0.309 e. The van der Waals surface area contributed by atoms with Gasteiger partial charge in [-0.1, -0.05) is 364 Å². The zero-order valence-corrected chi connectivity index (χ0v) is 71.9. The highest BCUT2D eigenvalue weighted by Crippen LogP contribution is 2.59. The highest BCUT2D eigenvalue weighted by atomic mass is 15.2. The maximum absolute atomic E-state index is 5.79. The maximum atomic E-state index is 5.79. The lowest BCUT2D eigenvalue weighted by Crippen LogP contribution is -2.28. The number of hydrogen-bond acceptors (Lipinski definition) is 2. The molecule has 0 atom stereocenters. The van der Waals surface area contributed by atoms with Gasteiger partial charge in [0.1, 0.15) is 0 Å². The summed E-state index contributed by atoms with van der Waals surface area (Å²) in [6.45, 7) is 0.